The van der Waals surface area contributed by atoms with E-state index in [0.29, 0.717) is 12.8 Å². The molecule has 1 rings (SSSR count). The lowest BCUT2D eigenvalue weighted by atomic mass is 10.2. The standard InChI is InChI=1S/C10H17NO4/c1-2-5-15-10(14)11-8(6-12)3-4-9(11)7-13/h2,8-9,12-13H,1,3-7H2. The monoisotopic (exact) mass is 215 g/mol. The summed E-state index contributed by atoms with van der Waals surface area (Å²) in [7, 11) is 0. The Bertz CT molecular complexity index is 219. The number of ether oxygens (including phenoxy) is 1. The van der Waals surface area contributed by atoms with E-state index in [2.05, 4.69) is 6.58 Å². The third-order valence-electron chi connectivity index (χ3n) is 2.58. The van der Waals surface area contributed by atoms with E-state index in [0.717, 1.165) is 0 Å². The molecule has 2 N–H and O–H groups in total. The zero-order valence-electron chi connectivity index (χ0n) is 8.63. The first-order valence-electron chi connectivity index (χ1n) is 5.02. The number of aliphatic hydroxyl groups excluding tert-OH is 2. The van der Waals surface area contributed by atoms with Crippen molar-refractivity contribution in [3.8, 4) is 0 Å². The van der Waals surface area contributed by atoms with Crippen LogP contribution < -0.4 is 0 Å². The van der Waals surface area contributed by atoms with Gasteiger partial charge in [0.1, 0.15) is 6.61 Å². The summed E-state index contributed by atoms with van der Waals surface area (Å²) < 4.78 is 4.89. The fourth-order valence-electron chi connectivity index (χ4n) is 1.82. The van der Waals surface area contributed by atoms with E-state index in [4.69, 9.17) is 14.9 Å². The van der Waals surface area contributed by atoms with Gasteiger partial charge in [0.2, 0.25) is 0 Å². The third-order valence-corrected chi connectivity index (χ3v) is 2.58. The van der Waals surface area contributed by atoms with E-state index >= 15 is 0 Å². The van der Waals surface area contributed by atoms with E-state index < -0.39 is 6.09 Å². The van der Waals surface area contributed by atoms with E-state index in [-0.39, 0.29) is 31.9 Å². The predicted octanol–water partition coefficient (Wildman–Crippen LogP) is 0.127. The molecule has 0 radical (unpaired) electrons. The van der Waals surface area contributed by atoms with Gasteiger partial charge in [-0.05, 0) is 12.8 Å². The van der Waals surface area contributed by atoms with Crippen LogP contribution in [-0.4, -0.2) is 53.1 Å². The van der Waals surface area contributed by atoms with Crippen LogP contribution in [0.2, 0.25) is 0 Å². The minimum Gasteiger partial charge on any atom is -0.445 e. The Hall–Kier alpha value is -1.07. The van der Waals surface area contributed by atoms with E-state index in [9.17, 15) is 4.79 Å². The lowest BCUT2D eigenvalue weighted by Gasteiger charge is -2.27. The number of rotatable bonds is 4. The SMILES string of the molecule is C=CCOC(=O)N1C(CO)CCC1CO. The van der Waals surface area contributed by atoms with Gasteiger partial charge in [0, 0.05) is 0 Å². The maximum atomic E-state index is 11.6. The molecule has 1 aliphatic rings. The van der Waals surface area contributed by atoms with Crippen molar-refractivity contribution in [1.29, 1.82) is 0 Å². The summed E-state index contributed by atoms with van der Waals surface area (Å²) in [5.74, 6) is 0. The van der Waals surface area contributed by atoms with Crippen LogP contribution in [0.1, 0.15) is 12.8 Å². The number of carbonyl (C=O) groups is 1. The van der Waals surface area contributed by atoms with Gasteiger partial charge >= 0.3 is 6.09 Å². The van der Waals surface area contributed by atoms with Gasteiger partial charge in [0.15, 0.2) is 0 Å². The number of amides is 1. The fraction of sp³-hybridized carbons (Fsp3) is 0.700. The number of likely N-dealkylation sites (tertiary alicyclic amines) is 1. The molecule has 1 fully saturated rings. The second kappa shape index (κ2) is 5.72. The average molecular weight is 215 g/mol. The number of aliphatic hydroxyl groups is 2. The minimum absolute atomic E-state index is 0.0975. The summed E-state index contributed by atoms with van der Waals surface area (Å²) in [4.78, 5) is 13.0. The highest BCUT2D eigenvalue weighted by Gasteiger charge is 2.36. The number of hydrogen-bond acceptors (Lipinski definition) is 4. The van der Waals surface area contributed by atoms with Gasteiger partial charge < -0.3 is 14.9 Å². The smallest absolute Gasteiger partial charge is 0.410 e. The van der Waals surface area contributed by atoms with Crippen molar-refractivity contribution in [3.63, 3.8) is 0 Å². The highest BCUT2D eigenvalue weighted by Crippen LogP contribution is 2.24. The molecule has 1 saturated heterocycles. The lowest BCUT2D eigenvalue weighted by Crippen LogP contribution is -2.44. The van der Waals surface area contributed by atoms with Gasteiger partial charge in [0.05, 0.1) is 25.3 Å². The fourth-order valence-corrected chi connectivity index (χ4v) is 1.82. The highest BCUT2D eigenvalue weighted by molar-refractivity contribution is 5.69. The van der Waals surface area contributed by atoms with Crippen LogP contribution in [0, 0.1) is 0 Å². The molecule has 0 spiro atoms. The van der Waals surface area contributed by atoms with Gasteiger partial charge in [-0.3, -0.25) is 4.90 Å². The summed E-state index contributed by atoms with van der Waals surface area (Å²) in [5.41, 5.74) is 0. The first-order chi connectivity index (χ1) is 7.24. The van der Waals surface area contributed by atoms with Crippen LogP contribution in [0.15, 0.2) is 12.7 Å². The largest absolute Gasteiger partial charge is 0.445 e. The Morgan fingerprint density at radius 3 is 2.33 bits per heavy atom. The summed E-state index contributed by atoms with van der Waals surface area (Å²) >= 11 is 0. The van der Waals surface area contributed by atoms with Crippen LogP contribution >= 0.6 is 0 Å². The summed E-state index contributed by atoms with van der Waals surface area (Å²) in [6.45, 7) is 3.39. The molecule has 1 heterocycles. The van der Waals surface area contributed by atoms with Crippen molar-refractivity contribution < 1.29 is 19.7 Å². The Morgan fingerprint density at radius 1 is 1.40 bits per heavy atom. The van der Waals surface area contributed by atoms with Crippen LogP contribution in [0.25, 0.3) is 0 Å². The molecule has 0 aliphatic carbocycles. The lowest BCUT2D eigenvalue weighted by molar-refractivity contribution is 0.0627. The molecule has 2 atom stereocenters. The number of carbonyl (C=O) groups excluding carboxylic acids is 1. The van der Waals surface area contributed by atoms with Gasteiger partial charge in [-0.25, -0.2) is 4.79 Å². The van der Waals surface area contributed by atoms with Crippen LogP contribution in [0.4, 0.5) is 4.79 Å². The minimum atomic E-state index is -0.495. The van der Waals surface area contributed by atoms with Crippen LogP contribution in [0.5, 0.6) is 0 Å². The topological polar surface area (TPSA) is 70.0 Å². The Balaban J connectivity index is 2.60. The molecule has 86 valence electrons. The average Bonchev–Trinajstić information content (AvgIpc) is 2.68. The first kappa shape index (κ1) is 12.0. The van der Waals surface area contributed by atoms with Gasteiger partial charge in [-0.15, -0.1) is 0 Å². The van der Waals surface area contributed by atoms with Gasteiger partial charge in [-0.1, -0.05) is 12.7 Å². The van der Waals surface area contributed by atoms with Crippen molar-refractivity contribution in [3.05, 3.63) is 12.7 Å². The maximum Gasteiger partial charge on any atom is 0.410 e. The zero-order valence-corrected chi connectivity index (χ0v) is 8.63. The van der Waals surface area contributed by atoms with Crippen LogP contribution in [0.3, 0.4) is 0 Å². The zero-order chi connectivity index (χ0) is 11.3. The number of nitrogens with zero attached hydrogens (tertiary/aromatic N) is 1. The van der Waals surface area contributed by atoms with Crippen molar-refractivity contribution in [2.75, 3.05) is 19.8 Å². The Morgan fingerprint density at radius 2 is 1.93 bits per heavy atom. The van der Waals surface area contributed by atoms with E-state index in [1.807, 2.05) is 0 Å². The molecule has 0 aromatic carbocycles. The van der Waals surface area contributed by atoms with E-state index in [1.54, 1.807) is 0 Å². The molecule has 5 nitrogen and oxygen atoms in total. The molecule has 15 heavy (non-hydrogen) atoms. The quantitative estimate of drug-likeness (QED) is 0.654. The van der Waals surface area contributed by atoms with Crippen molar-refractivity contribution >= 4 is 6.09 Å². The second-order valence-corrected chi connectivity index (χ2v) is 3.52. The van der Waals surface area contributed by atoms with Gasteiger partial charge in [-0.2, -0.15) is 0 Å². The summed E-state index contributed by atoms with van der Waals surface area (Å²) in [6, 6.07) is -0.473. The molecule has 1 aliphatic heterocycles. The number of hydrogen-bond donors (Lipinski definition) is 2. The Labute approximate surface area is 89.0 Å². The molecule has 0 aromatic heterocycles. The molecule has 2 unspecified atom stereocenters. The summed E-state index contributed by atoms with van der Waals surface area (Å²) in [6.07, 6.45) is 2.39. The predicted molar refractivity (Wildman–Crippen MR) is 54.4 cm³/mol. The highest BCUT2D eigenvalue weighted by atomic mass is 16.6. The molecule has 0 bridgehead atoms. The summed E-state index contributed by atoms with van der Waals surface area (Å²) in [5, 5.41) is 18.1. The van der Waals surface area contributed by atoms with Crippen molar-refractivity contribution in [2.45, 2.75) is 24.9 Å². The molecular weight excluding hydrogens is 198 g/mol. The second-order valence-electron chi connectivity index (χ2n) is 3.52. The van der Waals surface area contributed by atoms with Crippen molar-refractivity contribution in [1.82, 2.24) is 4.90 Å². The maximum absolute atomic E-state index is 11.6. The first-order valence-corrected chi connectivity index (χ1v) is 5.02. The Kier molecular flexibility index (Phi) is 4.58. The van der Waals surface area contributed by atoms with Crippen LogP contribution in [-0.2, 0) is 4.74 Å². The molecular formula is C10H17NO4. The van der Waals surface area contributed by atoms with Crippen molar-refractivity contribution in [2.24, 2.45) is 0 Å². The molecule has 0 aromatic rings. The van der Waals surface area contributed by atoms with E-state index in [1.165, 1.54) is 11.0 Å². The molecule has 0 saturated carbocycles. The normalized spacial score (nSPS) is 25.3. The molecule has 1 amide bonds. The third kappa shape index (κ3) is 2.70. The van der Waals surface area contributed by atoms with Gasteiger partial charge in [0.25, 0.3) is 0 Å². The molecule has 5 heteroatoms.